The van der Waals surface area contributed by atoms with Gasteiger partial charge in [0, 0.05) is 30.4 Å². The van der Waals surface area contributed by atoms with Crippen molar-refractivity contribution >= 4 is 11.5 Å². The van der Waals surface area contributed by atoms with Crippen molar-refractivity contribution in [2.75, 3.05) is 5.32 Å². The molecule has 1 aromatic heterocycles. The van der Waals surface area contributed by atoms with E-state index in [0.717, 1.165) is 29.1 Å². The quantitative estimate of drug-likeness (QED) is 0.820. The average molecular weight is 271 g/mol. The second kappa shape index (κ2) is 6.37. The second-order valence-corrected chi connectivity index (χ2v) is 5.00. The van der Waals surface area contributed by atoms with Gasteiger partial charge in [-0.3, -0.25) is 9.48 Å². The van der Waals surface area contributed by atoms with Gasteiger partial charge in [0.2, 0.25) is 0 Å². The summed E-state index contributed by atoms with van der Waals surface area (Å²) in [5, 5.41) is 7.71. The summed E-state index contributed by atoms with van der Waals surface area (Å²) in [5.41, 5.74) is 3.94. The van der Waals surface area contributed by atoms with Gasteiger partial charge in [-0.15, -0.1) is 0 Å². The molecule has 1 N–H and O–H groups in total. The molecule has 0 bridgehead atoms. The zero-order valence-electron chi connectivity index (χ0n) is 12.3. The minimum atomic E-state index is 0.208. The number of rotatable bonds is 6. The van der Waals surface area contributed by atoms with Crippen LogP contribution in [0.5, 0.6) is 0 Å². The number of aromatic nitrogens is 2. The highest BCUT2D eigenvalue weighted by Crippen LogP contribution is 2.13. The Morgan fingerprint density at radius 2 is 2.00 bits per heavy atom. The van der Waals surface area contributed by atoms with Crippen LogP contribution in [0, 0.1) is 6.92 Å². The van der Waals surface area contributed by atoms with E-state index >= 15 is 0 Å². The molecule has 0 radical (unpaired) electrons. The monoisotopic (exact) mass is 271 g/mol. The molecule has 0 aliphatic carbocycles. The van der Waals surface area contributed by atoms with Crippen LogP contribution in [0.2, 0.25) is 0 Å². The summed E-state index contributed by atoms with van der Waals surface area (Å²) in [6.07, 6.45) is 1.50. The fourth-order valence-corrected chi connectivity index (χ4v) is 2.06. The van der Waals surface area contributed by atoms with Gasteiger partial charge in [0.25, 0.3) is 0 Å². The fourth-order valence-electron chi connectivity index (χ4n) is 2.06. The number of nitrogens with one attached hydrogen (secondary N) is 1. The molecule has 0 saturated carbocycles. The molecule has 106 valence electrons. The van der Waals surface area contributed by atoms with Crippen molar-refractivity contribution in [2.24, 2.45) is 7.05 Å². The lowest BCUT2D eigenvalue weighted by molar-refractivity contribution is 0.0982. The fraction of sp³-hybridized carbons (Fsp3) is 0.375. The molecule has 0 unspecified atom stereocenters. The summed E-state index contributed by atoms with van der Waals surface area (Å²) in [7, 11) is 1.94. The third kappa shape index (κ3) is 3.47. The molecule has 0 amide bonds. The van der Waals surface area contributed by atoms with Crippen molar-refractivity contribution in [3.05, 3.63) is 47.3 Å². The van der Waals surface area contributed by atoms with Crippen molar-refractivity contribution in [3.63, 3.8) is 0 Å². The van der Waals surface area contributed by atoms with E-state index in [0.29, 0.717) is 13.0 Å². The number of aryl methyl sites for hydroxylation is 2. The topological polar surface area (TPSA) is 46.9 Å². The Kier molecular flexibility index (Phi) is 4.56. The van der Waals surface area contributed by atoms with Crippen LogP contribution < -0.4 is 5.32 Å². The SMILES string of the molecule is CCCC(=O)c1ccc(NCc2cc(C)n(C)n2)cc1. The molecule has 4 heteroatoms. The zero-order chi connectivity index (χ0) is 14.5. The number of ketones is 1. The van der Waals surface area contributed by atoms with Gasteiger partial charge in [-0.05, 0) is 43.7 Å². The molecule has 2 rings (SSSR count). The molecule has 0 aliphatic heterocycles. The van der Waals surface area contributed by atoms with Crippen molar-refractivity contribution in [1.82, 2.24) is 9.78 Å². The minimum absolute atomic E-state index is 0.208. The maximum Gasteiger partial charge on any atom is 0.162 e. The van der Waals surface area contributed by atoms with Crippen LogP contribution in [-0.4, -0.2) is 15.6 Å². The number of nitrogens with zero attached hydrogens (tertiary/aromatic N) is 2. The molecular weight excluding hydrogens is 250 g/mol. The van der Waals surface area contributed by atoms with Crippen LogP contribution in [0.15, 0.2) is 30.3 Å². The lowest BCUT2D eigenvalue weighted by Crippen LogP contribution is -2.02. The Morgan fingerprint density at radius 1 is 1.30 bits per heavy atom. The summed E-state index contributed by atoms with van der Waals surface area (Å²) in [6.45, 7) is 4.73. The third-order valence-corrected chi connectivity index (χ3v) is 3.32. The lowest BCUT2D eigenvalue weighted by atomic mass is 10.1. The van der Waals surface area contributed by atoms with E-state index in [2.05, 4.69) is 16.5 Å². The molecule has 0 fully saturated rings. The summed E-state index contributed by atoms with van der Waals surface area (Å²) >= 11 is 0. The predicted octanol–water partition coefficient (Wildman–Crippen LogP) is 3.32. The maximum atomic E-state index is 11.7. The van der Waals surface area contributed by atoms with Gasteiger partial charge in [0.1, 0.15) is 0 Å². The summed E-state index contributed by atoms with van der Waals surface area (Å²) in [6, 6.07) is 9.71. The van der Waals surface area contributed by atoms with Crippen LogP contribution >= 0.6 is 0 Å². The number of hydrogen-bond donors (Lipinski definition) is 1. The number of Topliss-reactive ketones (excluding diaryl/α,β-unsaturated/α-hetero) is 1. The largest absolute Gasteiger partial charge is 0.379 e. The van der Waals surface area contributed by atoms with Crippen LogP contribution in [-0.2, 0) is 13.6 Å². The Labute approximate surface area is 119 Å². The smallest absolute Gasteiger partial charge is 0.162 e. The third-order valence-electron chi connectivity index (χ3n) is 3.32. The standard InChI is InChI=1S/C16H21N3O/c1-4-5-16(20)13-6-8-14(9-7-13)17-11-15-10-12(2)19(3)18-15/h6-10,17H,4-5,11H2,1-3H3. The van der Waals surface area contributed by atoms with E-state index in [-0.39, 0.29) is 5.78 Å². The minimum Gasteiger partial charge on any atom is -0.379 e. The number of hydrogen-bond acceptors (Lipinski definition) is 3. The van der Waals surface area contributed by atoms with E-state index in [1.165, 1.54) is 0 Å². The molecular formula is C16H21N3O. The Bertz CT molecular complexity index is 565. The van der Waals surface area contributed by atoms with E-state index in [4.69, 9.17) is 0 Å². The summed E-state index contributed by atoms with van der Waals surface area (Å²) in [5.74, 6) is 0.208. The number of benzene rings is 1. The van der Waals surface area contributed by atoms with Crippen LogP contribution in [0.1, 0.15) is 41.5 Å². The van der Waals surface area contributed by atoms with Gasteiger partial charge in [-0.25, -0.2) is 0 Å². The molecule has 0 atom stereocenters. The van der Waals surface area contributed by atoms with Gasteiger partial charge >= 0.3 is 0 Å². The first-order chi connectivity index (χ1) is 9.60. The second-order valence-electron chi connectivity index (χ2n) is 5.00. The first-order valence-electron chi connectivity index (χ1n) is 6.97. The summed E-state index contributed by atoms with van der Waals surface area (Å²) in [4.78, 5) is 11.7. The van der Waals surface area contributed by atoms with Gasteiger partial charge in [0.15, 0.2) is 5.78 Å². The van der Waals surface area contributed by atoms with E-state index in [1.807, 2.05) is 49.8 Å². The molecule has 1 heterocycles. The van der Waals surface area contributed by atoms with E-state index < -0.39 is 0 Å². The Balaban J connectivity index is 1.95. The van der Waals surface area contributed by atoms with Gasteiger partial charge < -0.3 is 5.32 Å². The van der Waals surface area contributed by atoms with Gasteiger partial charge in [-0.2, -0.15) is 5.10 Å². The van der Waals surface area contributed by atoms with Crippen LogP contribution in [0.3, 0.4) is 0 Å². The van der Waals surface area contributed by atoms with Gasteiger partial charge in [-0.1, -0.05) is 6.92 Å². The van der Waals surface area contributed by atoms with E-state index in [1.54, 1.807) is 0 Å². The van der Waals surface area contributed by atoms with Crippen molar-refractivity contribution < 1.29 is 4.79 Å². The molecule has 4 nitrogen and oxygen atoms in total. The van der Waals surface area contributed by atoms with Crippen molar-refractivity contribution in [3.8, 4) is 0 Å². The Morgan fingerprint density at radius 3 is 2.55 bits per heavy atom. The molecule has 0 aliphatic rings. The highest BCUT2D eigenvalue weighted by atomic mass is 16.1. The predicted molar refractivity (Wildman–Crippen MR) is 81.0 cm³/mol. The maximum absolute atomic E-state index is 11.7. The first-order valence-corrected chi connectivity index (χ1v) is 6.97. The highest BCUT2D eigenvalue weighted by Gasteiger charge is 2.04. The Hall–Kier alpha value is -2.10. The first kappa shape index (κ1) is 14.3. The number of carbonyl (C=O) groups is 1. The van der Waals surface area contributed by atoms with Crippen molar-refractivity contribution in [2.45, 2.75) is 33.2 Å². The highest BCUT2D eigenvalue weighted by molar-refractivity contribution is 5.96. The molecule has 2 aromatic rings. The lowest BCUT2D eigenvalue weighted by Gasteiger charge is -2.05. The molecule has 1 aromatic carbocycles. The normalized spacial score (nSPS) is 10.6. The number of carbonyl (C=O) groups excluding carboxylic acids is 1. The van der Waals surface area contributed by atoms with Crippen LogP contribution in [0.25, 0.3) is 0 Å². The molecule has 0 spiro atoms. The van der Waals surface area contributed by atoms with Gasteiger partial charge in [0.05, 0.1) is 12.2 Å². The average Bonchev–Trinajstić information content (AvgIpc) is 2.76. The number of anilines is 1. The van der Waals surface area contributed by atoms with E-state index in [9.17, 15) is 4.79 Å². The van der Waals surface area contributed by atoms with Crippen molar-refractivity contribution in [1.29, 1.82) is 0 Å². The molecule has 20 heavy (non-hydrogen) atoms. The summed E-state index contributed by atoms with van der Waals surface area (Å²) < 4.78 is 1.86. The zero-order valence-corrected chi connectivity index (χ0v) is 12.3. The molecule has 0 saturated heterocycles. The van der Waals surface area contributed by atoms with Crippen LogP contribution in [0.4, 0.5) is 5.69 Å².